The van der Waals surface area contributed by atoms with Crippen molar-refractivity contribution in [3.63, 3.8) is 0 Å². The van der Waals surface area contributed by atoms with Crippen LogP contribution in [-0.4, -0.2) is 34.1 Å². The first kappa shape index (κ1) is 23.5. The molecule has 1 atom stereocenters. The lowest BCUT2D eigenvalue weighted by molar-refractivity contribution is -0.139. The van der Waals surface area contributed by atoms with Gasteiger partial charge in [0.15, 0.2) is 5.78 Å². The van der Waals surface area contributed by atoms with Crippen LogP contribution < -0.4 is 0 Å². The number of carbonyl (C=O) groups excluding carboxylic acids is 1. The van der Waals surface area contributed by atoms with E-state index in [2.05, 4.69) is 27.7 Å². The van der Waals surface area contributed by atoms with Crippen molar-refractivity contribution in [1.29, 1.82) is 0 Å². The first-order valence-corrected chi connectivity index (χ1v) is 11.8. The van der Waals surface area contributed by atoms with Gasteiger partial charge in [-0.05, 0) is 53.4 Å². The predicted molar refractivity (Wildman–Crippen MR) is 112 cm³/mol. The van der Waals surface area contributed by atoms with Gasteiger partial charge in [-0.15, -0.1) is 0 Å². The Balaban J connectivity index is 2.33. The third-order valence-corrected chi connectivity index (χ3v) is 7.20. The number of carbonyl (C=O) groups is 2. The number of allylic oxidation sites excluding steroid dienone is 2. The minimum atomic E-state index is -3.79. The van der Waals surface area contributed by atoms with E-state index in [1.54, 1.807) is 12.1 Å². The maximum absolute atomic E-state index is 13.4. The second kappa shape index (κ2) is 8.53. The van der Waals surface area contributed by atoms with E-state index in [1.165, 1.54) is 12.1 Å². The smallest absolute Gasteiger partial charge is 0.310 e. The third kappa shape index (κ3) is 6.61. The fourth-order valence-corrected chi connectivity index (χ4v) is 6.04. The standard InChI is InChI=1S/C22H30FO5P/c1-21(2)12-18(15-5-7-16(23)8-6-15)19(22(3,4)14-21)9-10-29(27,28)13-17(24)11-20(25)26/h5-8H,9-14H2,1-4H3,(H,25,26)(H,27,28). The lowest BCUT2D eigenvalue weighted by atomic mass is 9.61. The van der Waals surface area contributed by atoms with Crippen molar-refractivity contribution < 1.29 is 28.5 Å². The lowest BCUT2D eigenvalue weighted by Gasteiger charge is -2.44. The van der Waals surface area contributed by atoms with Crippen LogP contribution in [0.25, 0.3) is 5.57 Å². The van der Waals surface area contributed by atoms with Crippen LogP contribution in [0.5, 0.6) is 0 Å². The summed E-state index contributed by atoms with van der Waals surface area (Å²) in [6.45, 7) is 8.56. The zero-order valence-electron chi connectivity index (χ0n) is 17.5. The highest BCUT2D eigenvalue weighted by molar-refractivity contribution is 7.59. The highest BCUT2D eigenvalue weighted by atomic mass is 31.2. The molecule has 0 fully saturated rings. The molecule has 0 bridgehead atoms. The van der Waals surface area contributed by atoms with Crippen LogP contribution in [-0.2, 0) is 14.2 Å². The molecule has 0 aliphatic heterocycles. The molecule has 0 saturated carbocycles. The van der Waals surface area contributed by atoms with Crippen LogP contribution in [0.3, 0.4) is 0 Å². The summed E-state index contributed by atoms with van der Waals surface area (Å²) < 4.78 is 26.0. The predicted octanol–water partition coefficient (Wildman–Crippen LogP) is 5.13. The number of carboxylic acids is 1. The minimum Gasteiger partial charge on any atom is -0.481 e. The summed E-state index contributed by atoms with van der Waals surface area (Å²) >= 11 is 0. The number of halogens is 1. The van der Waals surface area contributed by atoms with Crippen LogP contribution >= 0.6 is 7.37 Å². The molecule has 0 aromatic heterocycles. The van der Waals surface area contributed by atoms with Crippen molar-refractivity contribution in [2.24, 2.45) is 10.8 Å². The van der Waals surface area contributed by atoms with Crippen molar-refractivity contribution in [2.45, 2.75) is 53.4 Å². The Labute approximate surface area is 171 Å². The minimum absolute atomic E-state index is 0.0249. The average molecular weight is 424 g/mol. The van der Waals surface area contributed by atoms with E-state index in [9.17, 15) is 23.4 Å². The van der Waals surface area contributed by atoms with E-state index in [1.807, 2.05) is 0 Å². The second-order valence-electron chi connectivity index (χ2n) is 9.45. The van der Waals surface area contributed by atoms with Crippen LogP contribution in [0, 0.1) is 16.6 Å². The Kier molecular flexibility index (Phi) is 6.91. The van der Waals surface area contributed by atoms with Crippen molar-refractivity contribution in [1.82, 2.24) is 0 Å². The molecule has 1 aliphatic carbocycles. The number of Topliss-reactive ketones (excluding diaryl/α,β-unsaturated/α-hetero) is 1. The van der Waals surface area contributed by atoms with Gasteiger partial charge in [-0.3, -0.25) is 14.2 Å². The molecule has 0 radical (unpaired) electrons. The molecule has 29 heavy (non-hydrogen) atoms. The van der Waals surface area contributed by atoms with Gasteiger partial charge in [0.2, 0.25) is 7.37 Å². The van der Waals surface area contributed by atoms with E-state index >= 15 is 0 Å². The van der Waals surface area contributed by atoms with Crippen LogP contribution in [0.1, 0.15) is 58.9 Å². The molecule has 0 spiro atoms. The Bertz CT molecular complexity index is 868. The quantitative estimate of drug-likeness (QED) is 0.446. The molecule has 1 aliphatic rings. The summed E-state index contributed by atoms with van der Waals surface area (Å²) in [5.74, 6) is -2.35. The summed E-state index contributed by atoms with van der Waals surface area (Å²) in [5.41, 5.74) is 2.80. The van der Waals surface area contributed by atoms with Crippen LogP contribution in [0.4, 0.5) is 4.39 Å². The van der Waals surface area contributed by atoms with Gasteiger partial charge in [0.25, 0.3) is 0 Å². The number of ketones is 1. The first-order chi connectivity index (χ1) is 13.2. The summed E-state index contributed by atoms with van der Waals surface area (Å²) in [7, 11) is -3.79. The normalized spacial score (nSPS) is 20.2. The van der Waals surface area contributed by atoms with E-state index in [-0.39, 0.29) is 22.8 Å². The first-order valence-electron chi connectivity index (χ1n) is 9.74. The van der Waals surface area contributed by atoms with Gasteiger partial charge in [-0.1, -0.05) is 45.4 Å². The molecule has 0 amide bonds. The second-order valence-corrected chi connectivity index (χ2v) is 11.9. The van der Waals surface area contributed by atoms with Crippen molar-refractivity contribution >= 4 is 24.7 Å². The Morgan fingerprint density at radius 3 is 2.28 bits per heavy atom. The van der Waals surface area contributed by atoms with Gasteiger partial charge in [0, 0.05) is 6.16 Å². The fraction of sp³-hybridized carbons (Fsp3) is 0.545. The zero-order chi connectivity index (χ0) is 22.0. The molecular weight excluding hydrogens is 394 g/mol. The molecule has 0 heterocycles. The summed E-state index contributed by atoms with van der Waals surface area (Å²) in [4.78, 5) is 32.6. The molecular formula is C22H30FO5P. The van der Waals surface area contributed by atoms with Gasteiger partial charge in [-0.2, -0.15) is 0 Å². The number of rotatable bonds is 8. The van der Waals surface area contributed by atoms with Crippen LogP contribution in [0.2, 0.25) is 0 Å². The highest BCUT2D eigenvalue weighted by Crippen LogP contribution is 2.54. The summed E-state index contributed by atoms with van der Waals surface area (Å²) in [5, 5.41) is 8.69. The molecule has 7 heteroatoms. The molecule has 1 aromatic carbocycles. The zero-order valence-corrected chi connectivity index (χ0v) is 18.4. The topological polar surface area (TPSA) is 91.7 Å². The summed E-state index contributed by atoms with van der Waals surface area (Å²) in [6.07, 6.45) is 0.559. The monoisotopic (exact) mass is 424 g/mol. The van der Waals surface area contributed by atoms with Crippen LogP contribution in [0.15, 0.2) is 29.8 Å². The Hall–Kier alpha value is -1.78. The number of carboxylic acid groups (broad SMARTS) is 1. The SMILES string of the molecule is CC1(C)CC(c2ccc(F)cc2)=C(CCP(=O)(O)CC(=O)CC(=O)O)C(C)(C)C1. The fourth-order valence-electron chi connectivity index (χ4n) is 4.64. The molecule has 2 rings (SSSR count). The lowest BCUT2D eigenvalue weighted by Crippen LogP contribution is -2.31. The number of hydrogen-bond acceptors (Lipinski definition) is 3. The molecule has 160 valence electrons. The molecule has 0 saturated heterocycles. The van der Waals surface area contributed by atoms with E-state index in [0.717, 1.165) is 29.6 Å². The van der Waals surface area contributed by atoms with E-state index in [0.29, 0.717) is 6.42 Å². The van der Waals surface area contributed by atoms with Gasteiger partial charge < -0.3 is 10.00 Å². The molecule has 5 nitrogen and oxygen atoms in total. The van der Waals surface area contributed by atoms with Gasteiger partial charge >= 0.3 is 5.97 Å². The van der Waals surface area contributed by atoms with Gasteiger partial charge in [0.05, 0.1) is 6.16 Å². The Morgan fingerprint density at radius 1 is 1.14 bits per heavy atom. The van der Waals surface area contributed by atoms with Gasteiger partial charge in [0.1, 0.15) is 12.2 Å². The van der Waals surface area contributed by atoms with Crippen molar-refractivity contribution in [3.05, 3.63) is 41.2 Å². The summed E-state index contributed by atoms with van der Waals surface area (Å²) in [6, 6.07) is 6.29. The molecule has 1 unspecified atom stereocenters. The largest absolute Gasteiger partial charge is 0.481 e. The molecule has 1 aromatic rings. The average Bonchev–Trinajstić information content (AvgIpc) is 2.50. The van der Waals surface area contributed by atoms with E-state index in [4.69, 9.17) is 5.11 Å². The maximum atomic E-state index is 13.4. The maximum Gasteiger partial charge on any atom is 0.310 e. The molecule has 2 N–H and O–H groups in total. The van der Waals surface area contributed by atoms with E-state index < -0.39 is 31.7 Å². The van der Waals surface area contributed by atoms with Crippen molar-refractivity contribution in [3.8, 4) is 0 Å². The van der Waals surface area contributed by atoms with Gasteiger partial charge in [-0.25, -0.2) is 4.39 Å². The number of benzene rings is 1. The highest BCUT2D eigenvalue weighted by Gasteiger charge is 2.40. The number of aliphatic carboxylic acids is 1. The number of hydrogen-bond donors (Lipinski definition) is 2. The third-order valence-electron chi connectivity index (χ3n) is 5.43. The van der Waals surface area contributed by atoms with Crippen molar-refractivity contribution in [2.75, 3.05) is 12.3 Å². The Morgan fingerprint density at radius 2 is 1.72 bits per heavy atom.